The average Bonchev–Trinajstić information content (AvgIpc) is 3.58. The Morgan fingerprint density at radius 3 is 2.44 bits per heavy atom. The van der Waals surface area contributed by atoms with Crippen molar-refractivity contribution in [3.05, 3.63) is 83.4 Å². The minimum Gasteiger partial charge on any atom is -0.423 e. The molecule has 2 aliphatic rings. The van der Waals surface area contributed by atoms with Crippen molar-refractivity contribution in [2.24, 2.45) is 0 Å². The Bertz CT molecular complexity index is 1540. The van der Waals surface area contributed by atoms with Crippen molar-refractivity contribution in [1.29, 1.82) is 0 Å². The molecule has 1 fully saturated rings. The van der Waals surface area contributed by atoms with Crippen LogP contribution in [0, 0.1) is 0 Å². The standard InChI is InChI=1S/C27H25N3O4S2/c31-26(34-22-9-12-24-25(17-22)35-27(28-24)29-14-3-4-15-29)20-7-10-23(11-8-20)36(32,33)30-16-13-19-5-1-2-6-21(19)18-30/h1-2,5-12,17H,3-4,13-16,18H2. The maximum Gasteiger partial charge on any atom is 0.343 e. The van der Waals surface area contributed by atoms with Gasteiger partial charge in [0.25, 0.3) is 0 Å². The van der Waals surface area contributed by atoms with Crippen LogP contribution in [0.2, 0.25) is 0 Å². The van der Waals surface area contributed by atoms with Gasteiger partial charge in [0, 0.05) is 32.2 Å². The van der Waals surface area contributed by atoms with Gasteiger partial charge in [0.1, 0.15) is 5.75 Å². The first-order chi connectivity index (χ1) is 17.5. The van der Waals surface area contributed by atoms with Crippen LogP contribution in [0.4, 0.5) is 5.13 Å². The van der Waals surface area contributed by atoms with Gasteiger partial charge >= 0.3 is 5.97 Å². The quantitative estimate of drug-likeness (QED) is 0.277. The molecular weight excluding hydrogens is 494 g/mol. The number of benzene rings is 3. The Labute approximate surface area is 214 Å². The van der Waals surface area contributed by atoms with E-state index in [9.17, 15) is 13.2 Å². The van der Waals surface area contributed by atoms with Crippen LogP contribution in [0.15, 0.2) is 71.6 Å². The Kier molecular flexibility index (Phi) is 5.99. The maximum absolute atomic E-state index is 13.2. The number of hydrogen-bond donors (Lipinski definition) is 0. The second-order valence-corrected chi connectivity index (χ2v) is 12.0. The summed E-state index contributed by atoms with van der Waals surface area (Å²) in [6.45, 7) is 2.83. The van der Waals surface area contributed by atoms with E-state index in [-0.39, 0.29) is 4.90 Å². The Morgan fingerprint density at radius 2 is 1.67 bits per heavy atom. The van der Waals surface area contributed by atoms with Crippen LogP contribution >= 0.6 is 11.3 Å². The highest BCUT2D eigenvalue weighted by molar-refractivity contribution is 7.89. The first-order valence-corrected chi connectivity index (χ1v) is 14.3. The van der Waals surface area contributed by atoms with E-state index >= 15 is 0 Å². The number of rotatable bonds is 5. The van der Waals surface area contributed by atoms with E-state index in [1.165, 1.54) is 47.0 Å². The van der Waals surface area contributed by atoms with Gasteiger partial charge in [-0.3, -0.25) is 0 Å². The number of nitrogens with zero attached hydrogens (tertiary/aromatic N) is 3. The fourth-order valence-corrected chi connectivity index (χ4v) is 7.22. The number of ether oxygens (including phenoxy) is 1. The number of fused-ring (bicyclic) bond motifs is 2. The van der Waals surface area contributed by atoms with Crippen molar-refractivity contribution in [2.45, 2.75) is 30.7 Å². The third kappa shape index (κ3) is 4.38. The van der Waals surface area contributed by atoms with Gasteiger partial charge < -0.3 is 9.64 Å². The number of sulfonamides is 1. The smallest absolute Gasteiger partial charge is 0.343 e. The largest absolute Gasteiger partial charge is 0.423 e. The zero-order chi connectivity index (χ0) is 24.7. The van der Waals surface area contributed by atoms with Crippen LogP contribution in [0.1, 0.15) is 34.3 Å². The van der Waals surface area contributed by atoms with Crippen LogP contribution in [0.25, 0.3) is 10.2 Å². The number of thiazole rings is 1. The monoisotopic (exact) mass is 519 g/mol. The summed E-state index contributed by atoms with van der Waals surface area (Å²) in [5.74, 6) is -0.0951. The minimum absolute atomic E-state index is 0.166. The molecule has 0 N–H and O–H groups in total. The van der Waals surface area contributed by atoms with Crippen LogP contribution in [-0.4, -0.2) is 43.3 Å². The predicted octanol–water partition coefficient (Wildman–Crippen LogP) is 4.86. The van der Waals surface area contributed by atoms with Crippen molar-refractivity contribution in [3.63, 3.8) is 0 Å². The molecule has 6 rings (SSSR count). The van der Waals surface area contributed by atoms with Gasteiger partial charge in [-0.2, -0.15) is 4.31 Å². The zero-order valence-corrected chi connectivity index (χ0v) is 21.2. The zero-order valence-electron chi connectivity index (χ0n) is 19.6. The third-order valence-electron chi connectivity index (χ3n) is 6.76. The molecule has 3 aromatic carbocycles. The molecule has 3 heterocycles. The summed E-state index contributed by atoms with van der Waals surface area (Å²) < 4.78 is 34.4. The molecule has 36 heavy (non-hydrogen) atoms. The fraction of sp³-hybridized carbons (Fsp3) is 0.259. The van der Waals surface area contributed by atoms with Crippen molar-refractivity contribution in [3.8, 4) is 5.75 Å². The van der Waals surface area contributed by atoms with Crippen LogP contribution < -0.4 is 9.64 Å². The Hall–Kier alpha value is -3.27. The molecular formula is C27H25N3O4S2. The lowest BCUT2D eigenvalue weighted by Gasteiger charge is -2.28. The topological polar surface area (TPSA) is 79.8 Å². The Balaban J connectivity index is 1.16. The number of hydrogen-bond acceptors (Lipinski definition) is 7. The van der Waals surface area contributed by atoms with Crippen molar-refractivity contribution >= 4 is 42.7 Å². The molecule has 7 nitrogen and oxygen atoms in total. The minimum atomic E-state index is -3.66. The van der Waals surface area contributed by atoms with E-state index in [2.05, 4.69) is 4.90 Å². The molecule has 0 unspecified atom stereocenters. The van der Waals surface area contributed by atoms with E-state index in [1.54, 1.807) is 17.4 Å². The summed E-state index contributed by atoms with van der Waals surface area (Å²) in [5, 5.41) is 1.000. The SMILES string of the molecule is O=C(Oc1ccc2nc(N3CCCC3)sc2c1)c1ccc(S(=O)(=O)N2CCc3ccccc3C2)cc1. The first kappa shape index (κ1) is 23.1. The van der Waals surface area contributed by atoms with Gasteiger partial charge in [0.05, 0.1) is 20.7 Å². The van der Waals surface area contributed by atoms with Crippen LogP contribution in [0.3, 0.4) is 0 Å². The van der Waals surface area contributed by atoms with Crippen LogP contribution in [-0.2, 0) is 23.0 Å². The lowest BCUT2D eigenvalue weighted by atomic mass is 10.0. The van der Waals surface area contributed by atoms with E-state index in [4.69, 9.17) is 9.72 Å². The lowest BCUT2D eigenvalue weighted by Crippen LogP contribution is -2.35. The summed E-state index contributed by atoms with van der Waals surface area (Å²) in [6, 6.07) is 19.3. The summed E-state index contributed by atoms with van der Waals surface area (Å²) >= 11 is 1.60. The number of carbonyl (C=O) groups is 1. The van der Waals surface area contributed by atoms with Gasteiger partial charge in [-0.25, -0.2) is 18.2 Å². The van der Waals surface area contributed by atoms with E-state index in [0.717, 1.165) is 34.0 Å². The molecule has 0 aliphatic carbocycles. The molecule has 0 spiro atoms. The second kappa shape index (κ2) is 9.31. The fourth-order valence-electron chi connectivity index (χ4n) is 4.75. The summed E-state index contributed by atoms with van der Waals surface area (Å²) in [5.41, 5.74) is 3.39. The molecule has 0 radical (unpaired) electrons. The van der Waals surface area contributed by atoms with E-state index < -0.39 is 16.0 Å². The van der Waals surface area contributed by atoms with E-state index in [1.807, 2.05) is 36.4 Å². The van der Waals surface area contributed by atoms with Gasteiger partial charge in [0.15, 0.2) is 5.13 Å². The predicted molar refractivity (Wildman–Crippen MR) is 140 cm³/mol. The lowest BCUT2D eigenvalue weighted by molar-refractivity contribution is 0.0735. The molecule has 9 heteroatoms. The summed E-state index contributed by atoms with van der Waals surface area (Å²) in [6.07, 6.45) is 3.05. The molecule has 1 aromatic heterocycles. The van der Waals surface area contributed by atoms with Gasteiger partial charge in [-0.05, 0) is 66.8 Å². The molecule has 1 saturated heterocycles. The molecule has 0 amide bonds. The van der Waals surface area contributed by atoms with E-state index in [0.29, 0.717) is 30.8 Å². The number of aromatic nitrogens is 1. The van der Waals surface area contributed by atoms with Gasteiger partial charge in [-0.15, -0.1) is 0 Å². The first-order valence-electron chi connectivity index (χ1n) is 12.0. The van der Waals surface area contributed by atoms with Crippen molar-refractivity contribution < 1.29 is 17.9 Å². The normalized spacial score (nSPS) is 16.3. The molecule has 0 bridgehead atoms. The maximum atomic E-state index is 13.2. The number of esters is 1. The second-order valence-electron chi connectivity index (χ2n) is 9.09. The molecule has 184 valence electrons. The highest BCUT2D eigenvalue weighted by atomic mass is 32.2. The highest BCUT2D eigenvalue weighted by Gasteiger charge is 2.28. The Morgan fingerprint density at radius 1 is 0.917 bits per heavy atom. The number of anilines is 1. The molecule has 0 atom stereocenters. The number of carbonyl (C=O) groups excluding carboxylic acids is 1. The van der Waals surface area contributed by atoms with Crippen molar-refractivity contribution in [1.82, 2.24) is 9.29 Å². The van der Waals surface area contributed by atoms with Crippen LogP contribution in [0.5, 0.6) is 5.75 Å². The third-order valence-corrected chi connectivity index (χ3v) is 9.70. The average molecular weight is 520 g/mol. The molecule has 4 aromatic rings. The van der Waals surface area contributed by atoms with Gasteiger partial charge in [-0.1, -0.05) is 35.6 Å². The van der Waals surface area contributed by atoms with Crippen molar-refractivity contribution in [2.75, 3.05) is 24.5 Å². The summed E-state index contributed by atoms with van der Waals surface area (Å²) in [4.78, 5) is 19.9. The molecule has 2 aliphatic heterocycles. The highest BCUT2D eigenvalue weighted by Crippen LogP contribution is 2.33. The molecule has 0 saturated carbocycles. The summed E-state index contributed by atoms with van der Waals surface area (Å²) in [7, 11) is -3.66. The van der Waals surface area contributed by atoms with Gasteiger partial charge in [0.2, 0.25) is 10.0 Å².